The van der Waals surface area contributed by atoms with E-state index in [-0.39, 0.29) is 12.0 Å². The van der Waals surface area contributed by atoms with Crippen molar-refractivity contribution in [3.63, 3.8) is 0 Å². The summed E-state index contributed by atoms with van der Waals surface area (Å²) in [5.74, 6) is 2.26. The fourth-order valence-corrected chi connectivity index (χ4v) is 2.82. The summed E-state index contributed by atoms with van der Waals surface area (Å²) in [6.07, 6.45) is 1.21. The second-order valence-corrected chi connectivity index (χ2v) is 6.73. The van der Waals surface area contributed by atoms with Gasteiger partial charge in [0.05, 0.1) is 20.3 Å². The van der Waals surface area contributed by atoms with Crippen molar-refractivity contribution >= 4 is 5.91 Å². The minimum Gasteiger partial charge on any atom is -0.496 e. The standard InChI is InChI=1S/C22H29NO4/c1-15(2)27-20-10-7-18(13-21(20)26-5)14-23-22(24)11-8-17-6-9-19(25-4)16(3)12-17/h6-7,9-10,12-13,15H,8,11,14H2,1-5H3,(H,23,24). The van der Waals surface area contributed by atoms with Gasteiger partial charge in [-0.1, -0.05) is 18.2 Å². The number of rotatable bonds is 9. The van der Waals surface area contributed by atoms with Gasteiger partial charge in [0.15, 0.2) is 11.5 Å². The third-order valence-electron chi connectivity index (χ3n) is 4.18. The lowest BCUT2D eigenvalue weighted by atomic mass is 10.1. The second kappa shape index (κ2) is 9.86. The van der Waals surface area contributed by atoms with Crippen LogP contribution in [0.4, 0.5) is 0 Å². The molecule has 0 spiro atoms. The predicted molar refractivity (Wildman–Crippen MR) is 107 cm³/mol. The molecule has 0 saturated carbocycles. The molecule has 0 aromatic heterocycles. The molecule has 2 aromatic carbocycles. The van der Waals surface area contributed by atoms with E-state index in [9.17, 15) is 4.79 Å². The van der Waals surface area contributed by atoms with Gasteiger partial charge < -0.3 is 19.5 Å². The monoisotopic (exact) mass is 371 g/mol. The Morgan fingerprint density at radius 2 is 1.63 bits per heavy atom. The van der Waals surface area contributed by atoms with Crippen molar-refractivity contribution in [2.24, 2.45) is 0 Å². The molecule has 0 unspecified atom stereocenters. The third kappa shape index (κ3) is 6.20. The third-order valence-corrected chi connectivity index (χ3v) is 4.18. The molecule has 1 amide bonds. The predicted octanol–water partition coefficient (Wildman–Crippen LogP) is 4.05. The van der Waals surface area contributed by atoms with Gasteiger partial charge in [0, 0.05) is 13.0 Å². The summed E-state index contributed by atoms with van der Waals surface area (Å²) >= 11 is 0. The molecule has 0 saturated heterocycles. The Labute approximate surface area is 161 Å². The lowest BCUT2D eigenvalue weighted by Crippen LogP contribution is -2.23. The zero-order chi connectivity index (χ0) is 19.8. The minimum atomic E-state index is 0.0185. The van der Waals surface area contributed by atoms with Gasteiger partial charge in [0.2, 0.25) is 5.91 Å². The highest BCUT2D eigenvalue weighted by Crippen LogP contribution is 2.29. The Morgan fingerprint density at radius 3 is 2.26 bits per heavy atom. The number of ether oxygens (including phenoxy) is 3. The average molecular weight is 371 g/mol. The largest absolute Gasteiger partial charge is 0.496 e. The van der Waals surface area contributed by atoms with Crippen molar-refractivity contribution in [1.29, 1.82) is 0 Å². The Morgan fingerprint density at radius 1 is 0.963 bits per heavy atom. The fourth-order valence-electron chi connectivity index (χ4n) is 2.82. The first kappa shape index (κ1) is 20.6. The van der Waals surface area contributed by atoms with Gasteiger partial charge in [0.25, 0.3) is 0 Å². The molecule has 0 atom stereocenters. The van der Waals surface area contributed by atoms with Crippen LogP contribution in [0.2, 0.25) is 0 Å². The summed E-state index contributed by atoms with van der Waals surface area (Å²) in [7, 11) is 3.27. The number of nitrogens with one attached hydrogen (secondary N) is 1. The fraction of sp³-hybridized carbons (Fsp3) is 0.409. The topological polar surface area (TPSA) is 56.8 Å². The van der Waals surface area contributed by atoms with Crippen molar-refractivity contribution in [3.8, 4) is 17.2 Å². The molecule has 1 N–H and O–H groups in total. The van der Waals surface area contributed by atoms with Crippen molar-refractivity contribution in [2.75, 3.05) is 14.2 Å². The molecule has 2 aromatic rings. The van der Waals surface area contributed by atoms with E-state index in [1.165, 1.54) is 0 Å². The Kier molecular flexibility index (Phi) is 7.53. The van der Waals surface area contributed by atoms with Crippen LogP contribution in [0.3, 0.4) is 0 Å². The SMILES string of the molecule is COc1ccc(CCC(=O)NCc2ccc(OC(C)C)c(OC)c2)cc1C. The highest BCUT2D eigenvalue weighted by Gasteiger charge is 2.09. The van der Waals surface area contributed by atoms with Crippen LogP contribution in [0.25, 0.3) is 0 Å². The van der Waals surface area contributed by atoms with Crippen LogP contribution in [0, 0.1) is 6.92 Å². The molecule has 0 radical (unpaired) electrons. The van der Waals surface area contributed by atoms with E-state index < -0.39 is 0 Å². The first-order chi connectivity index (χ1) is 12.9. The maximum absolute atomic E-state index is 12.2. The van der Waals surface area contributed by atoms with Gasteiger partial charge in [-0.05, 0) is 62.1 Å². The van der Waals surface area contributed by atoms with Crippen LogP contribution >= 0.6 is 0 Å². The molecule has 5 heteroatoms. The zero-order valence-corrected chi connectivity index (χ0v) is 16.8. The Hall–Kier alpha value is -2.69. The smallest absolute Gasteiger partial charge is 0.220 e. The molecular formula is C22H29NO4. The van der Waals surface area contributed by atoms with E-state index in [0.29, 0.717) is 30.9 Å². The van der Waals surface area contributed by atoms with Crippen LogP contribution < -0.4 is 19.5 Å². The highest BCUT2D eigenvalue weighted by atomic mass is 16.5. The maximum atomic E-state index is 12.2. The van der Waals surface area contributed by atoms with Gasteiger partial charge in [-0.25, -0.2) is 0 Å². The van der Waals surface area contributed by atoms with Gasteiger partial charge in [-0.3, -0.25) is 4.79 Å². The van der Waals surface area contributed by atoms with Gasteiger partial charge in [-0.15, -0.1) is 0 Å². The Bertz CT molecular complexity index is 771. The van der Waals surface area contributed by atoms with Crippen LogP contribution in [0.15, 0.2) is 36.4 Å². The molecule has 0 aliphatic rings. The lowest BCUT2D eigenvalue weighted by Gasteiger charge is -2.14. The quantitative estimate of drug-likeness (QED) is 0.722. The van der Waals surface area contributed by atoms with E-state index >= 15 is 0 Å². The molecule has 146 valence electrons. The summed E-state index contributed by atoms with van der Waals surface area (Å²) in [5.41, 5.74) is 3.17. The molecule has 2 rings (SSSR count). The number of methoxy groups -OCH3 is 2. The van der Waals surface area contributed by atoms with Crippen LogP contribution in [-0.2, 0) is 17.8 Å². The van der Waals surface area contributed by atoms with E-state index in [4.69, 9.17) is 14.2 Å². The second-order valence-electron chi connectivity index (χ2n) is 6.73. The van der Waals surface area contributed by atoms with Crippen LogP contribution in [0.5, 0.6) is 17.2 Å². The van der Waals surface area contributed by atoms with Gasteiger partial charge in [-0.2, -0.15) is 0 Å². The van der Waals surface area contributed by atoms with Crippen molar-refractivity contribution < 1.29 is 19.0 Å². The Balaban J connectivity index is 1.87. The number of carbonyl (C=O) groups excluding carboxylic acids is 1. The van der Waals surface area contributed by atoms with Gasteiger partial charge in [0.1, 0.15) is 5.75 Å². The molecule has 5 nitrogen and oxygen atoms in total. The summed E-state index contributed by atoms with van der Waals surface area (Å²) in [5, 5.41) is 2.96. The first-order valence-corrected chi connectivity index (χ1v) is 9.16. The van der Waals surface area contributed by atoms with Gasteiger partial charge >= 0.3 is 0 Å². The molecule has 0 aliphatic carbocycles. The average Bonchev–Trinajstić information content (AvgIpc) is 2.65. The highest BCUT2D eigenvalue weighted by molar-refractivity contribution is 5.76. The summed E-state index contributed by atoms with van der Waals surface area (Å²) in [6, 6.07) is 11.7. The number of amides is 1. The zero-order valence-electron chi connectivity index (χ0n) is 16.8. The molecule has 27 heavy (non-hydrogen) atoms. The first-order valence-electron chi connectivity index (χ1n) is 9.16. The molecule has 0 bridgehead atoms. The van der Waals surface area contributed by atoms with Crippen molar-refractivity contribution in [1.82, 2.24) is 5.32 Å². The number of benzene rings is 2. The molecule has 0 aliphatic heterocycles. The molecule has 0 heterocycles. The molecular weight excluding hydrogens is 342 g/mol. The summed E-state index contributed by atoms with van der Waals surface area (Å²) in [4.78, 5) is 12.2. The van der Waals surface area contributed by atoms with E-state index in [0.717, 1.165) is 22.4 Å². The number of carbonyl (C=O) groups is 1. The summed E-state index contributed by atoms with van der Waals surface area (Å²) in [6.45, 7) is 6.40. The van der Waals surface area contributed by atoms with Crippen molar-refractivity contribution in [2.45, 2.75) is 46.3 Å². The van der Waals surface area contributed by atoms with E-state index in [1.54, 1.807) is 14.2 Å². The summed E-state index contributed by atoms with van der Waals surface area (Å²) < 4.78 is 16.4. The van der Waals surface area contributed by atoms with Crippen LogP contribution in [0.1, 0.15) is 37.0 Å². The van der Waals surface area contributed by atoms with E-state index in [2.05, 4.69) is 11.4 Å². The minimum absolute atomic E-state index is 0.0185. The van der Waals surface area contributed by atoms with Crippen molar-refractivity contribution in [3.05, 3.63) is 53.1 Å². The lowest BCUT2D eigenvalue weighted by molar-refractivity contribution is -0.121. The number of aryl methyl sites for hydroxylation is 2. The number of hydrogen-bond donors (Lipinski definition) is 1. The normalized spacial score (nSPS) is 10.6. The van der Waals surface area contributed by atoms with Crippen LogP contribution in [-0.4, -0.2) is 26.2 Å². The molecule has 0 fully saturated rings. The van der Waals surface area contributed by atoms with E-state index in [1.807, 2.05) is 51.1 Å². The maximum Gasteiger partial charge on any atom is 0.220 e. The number of hydrogen-bond acceptors (Lipinski definition) is 4.